The molecule has 1 fully saturated rings. The Morgan fingerprint density at radius 1 is 1.16 bits per heavy atom. The molecule has 1 aliphatic rings. The molecule has 37 heavy (non-hydrogen) atoms. The average molecular weight is 593 g/mol. The van der Waals surface area contributed by atoms with E-state index < -0.39 is 17.9 Å². The Morgan fingerprint density at radius 2 is 1.92 bits per heavy atom. The smallest absolute Gasteiger partial charge is 0.308 e. The highest BCUT2D eigenvalue weighted by molar-refractivity contribution is 9.10. The molecular weight excluding hydrogens is 562 g/mol. The summed E-state index contributed by atoms with van der Waals surface area (Å²) in [5.41, 5.74) is 0.299. The number of piperazine rings is 1. The van der Waals surface area contributed by atoms with Crippen LogP contribution in [-0.4, -0.2) is 66.7 Å². The Labute approximate surface area is 230 Å². The SMILES string of the molecule is CC(C)COc1ccc(Br)cc1C(=O)NC(=S)N1CCNC(=O)C1CC(=O)OCCOc1ccccc1. The fourth-order valence-electron chi connectivity index (χ4n) is 3.51. The number of nitrogens with one attached hydrogen (secondary N) is 2. The number of rotatable bonds is 10. The van der Waals surface area contributed by atoms with Gasteiger partial charge in [0.25, 0.3) is 5.91 Å². The third-order valence-electron chi connectivity index (χ3n) is 5.29. The molecule has 1 unspecified atom stereocenters. The normalized spacial score (nSPS) is 15.1. The summed E-state index contributed by atoms with van der Waals surface area (Å²) in [7, 11) is 0. The van der Waals surface area contributed by atoms with E-state index in [-0.39, 0.29) is 36.6 Å². The van der Waals surface area contributed by atoms with E-state index in [1.165, 1.54) is 4.90 Å². The molecule has 0 bridgehead atoms. The van der Waals surface area contributed by atoms with Crippen molar-refractivity contribution in [2.45, 2.75) is 26.3 Å². The predicted octanol–water partition coefficient (Wildman–Crippen LogP) is 3.31. The van der Waals surface area contributed by atoms with Crippen LogP contribution in [0.4, 0.5) is 0 Å². The quantitative estimate of drug-likeness (QED) is 0.246. The minimum Gasteiger partial charge on any atom is -0.492 e. The van der Waals surface area contributed by atoms with E-state index in [2.05, 4.69) is 26.6 Å². The first kappa shape index (κ1) is 28.4. The lowest BCUT2D eigenvalue weighted by Gasteiger charge is -2.36. The number of hydrogen-bond acceptors (Lipinski definition) is 7. The van der Waals surface area contributed by atoms with Crippen molar-refractivity contribution in [1.82, 2.24) is 15.5 Å². The van der Waals surface area contributed by atoms with Crippen molar-refractivity contribution < 1.29 is 28.6 Å². The Hall–Kier alpha value is -3.18. The van der Waals surface area contributed by atoms with Gasteiger partial charge in [0.15, 0.2) is 5.11 Å². The zero-order valence-electron chi connectivity index (χ0n) is 20.7. The van der Waals surface area contributed by atoms with Gasteiger partial charge < -0.3 is 24.4 Å². The van der Waals surface area contributed by atoms with Gasteiger partial charge in [0.05, 0.1) is 18.6 Å². The Bertz CT molecular complexity index is 1110. The number of esters is 1. The molecule has 0 radical (unpaired) electrons. The maximum absolute atomic E-state index is 13.1. The second-order valence-corrected chi connectivity index (χ2v) is 9.99. The van der Waals surface area contributed by atoms with Crippen LogP contribution in [0.5, 0.6) is 11.5 Å². The summed E-state index contributed by atoms with van der Waals surface area (Å²) in [5.74, 6) is -0.0570. The van der Waals surface area contributed by atoms with Crippen LogP contribution in [0, 0.1) is 5.92 Å². The van der Waals surface area contributed by atoms with E-state index in [0.717, 1.165) is 0 Å². The van der Waals surface area contributed by atoms with Gasteiger partial charge in [-0.1, -0.05) is 48.0 Å². The first-order chi connectivity index (χ1) is 17.7. The van der Waals surface area contributed by atoms with Gasteiger partial charge in [-0.2, -0.15) is 0 Å². The Balaban J connectivity index is 1.58. The second kappa shape index (κ2) is 13.9. The van der Waals surface area contributed by atoms with Crippen LogP contribution in [0.3, 0.4) is 0 Å². The number of para-hydroxylation sites is 1. The highest BCUT2D eigenvalue weighted by Crippen LogP contribution is 2.24. The summed E-state index contributed by atoms with van der Waals surface area (Å²) >= 11 is 8.84. The summed E-state index contributed by atoms with van der Waals surface area (Å²) in [6.45, 7) is 5.33. The summed E-state index contributed by atoms with van der Waals surface area (Å²) in [6, 6.07) is 13.4. The van der Waals surface area contributed by atoms with Crippen LogP contribution in [0.2, 0.25) is 0 Å². The van der Waals surface area contributed by atoms with Gasteiger partial charge in [-0.3, -0.25) is 19.7 Å². The lowest BCUT2D eigenvalue weighted by Crippen LogP contribution is -2.60. The number of carbonyl (C=O) groups excluding carboxylic acids is 3. The zero-order chi connectivity index (χ0) is 26.8. The van der Waals surface area contributed by atoms with Gasteiger partial charge in [-0.25, -0.2) is 0 Å². The van der Waals surface area contributed by atoms with Gasteiger partial charge in [0.2, 0.25) is 5.91 Å². The highest BCUT2D eigenvalue weighted by atomic mass is 79.9. The lowest BCUT2D eigenvalue weighted by molar-refractivity contribution is -0.148. The summed E-state index contributed by atoms with van der Waals surface area (Å²) in [4.78, 5) is 39.6. The molecule has 0 saturated carbocycles. The number of benzene rings is 2. The van der Waals surface area contributed by atoms with Crippen LogP contribution >= 0.6 is 28.1 Å². The van der Waals surface area contributed by atoms with Crippen LogP contribution in [0.25, 0.3) is 0 Å². The zero-order valence-corrected chi connectivity index (χ0v) is 23.1. The summed E-state index contributed by atoms with van der Waals surface area (Å²) in [5, 5.41) is 5.45. The molecule has 1 heterocycles. The van der Waals surface area contributed by atoms with E-state index in [0.29, 0.717) is 41.2 Å². The third kappa shape index (κ3) is 8.71. The van der Waals surface area contributed by atoms with E-state index in [9.17, 15) is 14.4 Å². The molecule has 0 spiro atoms. The van der Waals surface area contributed by atoms with Crippen LogP contribution in [0.15, 0.2) is 53.0 Å². The fraction of sp³-hybridized carbons (Fsp3) is 0.385. The summed E-state index contributed by atoms with van der Waals surface area (Å²) in [6.07, 6.45) is -0.229. The largest absolute Gasteiger partial charge is 0.492 e. The van der Waals surface area contributed by atoms with Crippen LogP contribution in [0.1, 0.15) is 30.6 Å². The van der Waals surface area contributed by atoms with Gasteiger partial charge >= 0.3 is 5.97 Å². The fourth-order valence-corrected chi connectivity index (χ4v) is 4.18. The summed E-state index contributed by atoms with van der Waals surface area (Å²) < 4.78 is 17.3. The van der Waals surface area contributed by atoms with Crippen molar-refractivity contribution in [3.8, 4) is 11.5 Å². The van der Waals surface area contributed by atoms with Crippen LogP contribution in [-0.2, 0) is 14.3 Å². The van der Waals surface area contributed by atoms with E-state index in [1.54, 1.807) is 30.3 Å². The molecule has 2 amide bonds. The van der Waals surface area contributed by atoms with E-state index >= 15 is 0 Å². The Morgan fingerprint density at radius 3 is 2.65 bits per heavy atom. The van der Waals surface area contributed by atoms with E-state index in [4.69, 9.17) is 26.4 Å². The molecule has 2 N–H and O–H groups in total. The number of ether oxygens (including phenoxy) is 3. The van der Waals surface area contributed by atoms with Gasteiger partial charge in [-0.15, -0.1) is 0 Å². The number of nitrogens with zero attached hydrogens (tertiary/aromatic N) is 1. The molecule has 1 aliphatic heterocycles. The van der Waals surface area contributed by atoms with Crippen molar-refractivity contribution in [3.05, 3.63) is 58.6 Å². The number of halogens is 1. The maximum Gasteiger partial charge on any atom is 0.308 e. The number of hydrogen-bond donors (Lipinski definition) is 2. The molecule has 0 aliphatic carbocycles. The van der Waals surface area contributed by atoms with Crippen LogP contribution < -0.4 is 20.1 Å². The highest BCUT2D eigenvalue weighted by Gasteiger charge is 2.34. The lowest BCUT2D eigenvalue weighted by atomic mass is 10.1. The average Bonchev–Trinajstić information content (AvgIpc) is 2.87. The Kier molecular flexibility index (Phi) is 10.7. The number of carbonyl (C=O) groups is 3. The molecule has 2 aromatic rings. The molecule has 0 aromatic heterocycles. The van der Waals surface area contributed by atoms with Crippen molar-refractivity contribution >= 4 is 51.0 Å². The minimum atomic E-state index is -0.914. The standard InChI is InChI=1S/C26H30BrN3O6S/c1-17(2)16-36-22-9-8-18(27)14-20(22)24(32)29-26(37)30-11-10-28-25(33)21(30)15-23(31)35-13-12-34-19-6-4-3-5-7-19/h3-9,14,17,21H,10-13,15-16H2,1-2H3,(H,28,33)(H,29,32,37). The van der Waals surface area contributed by atoms with Crippen molar-refractivity contribution in [2.24, 2.45) is 5.92 Å². The molecule has 2 aromatic carbocycles. The van der Waals surface area contributed by atoms with Gasteiger partial charge in [0, 0.05) is 17.6 Å². The first-order valence-electron chi connectivity index (χ1n) is 11.9. The molecule has 198 valence electrons. The van der Waals surface area contributed by atoms with Gasteiger partial charge in [-0.05, 0) is 48.5 Å². The van der Waals surface area contributed by atoms with E-state index in [1.807, 2.05) is 32.0 Å². The molecule has 3 rings (SSSR count). The first-order valence-corrected chi connectivity index (χ1v) is 13.1. The minimum absolute atomic E-state index is 0.0330. The van der Waals surface area contributed by atoms with Crippen molar-refractivity contribution in [2.75, 3.05) is 32.9 Å². The number of amides is 2. The monoisotopic (exact) mass is 591 g/mol. The van der Waals surface area contributed by atoms with Crippen molar-refractivity contribution in [1.29, 1.82) is 0 Å². The molecule has 11 heteroatoms. The second-order valence-electron chi connectivity index (χ2n) is 8.69. The van der Waals surface area contributed by atoms with Gasteiger partial charge in [0.1, 0.15) is 30.8 Å². The molecular formula is C26H30BrN3O6S. The molecule has 1 saturated heterocycles. The van der Waals surface area contributed by atoms with Crippen molar-refractivity contribution in [3.63, 3.8) is 0 Å². The third-order valence-corrected chi connectivity index (χ3v) is 6.12. The number of thiocarbonyl (C=S) groups is 1. The molecule has 9 nitrogen and oxygen atoms in total. The topological polar surface area (TPSA) is 106 Å². The maximum atomic E-state index is 13.1. The predicted molar refractivity (Wildman–Crippen MR) is 146 cm³/mol. The molecule has 1 atom stereocenters.